The number of carbonyl (C=O) groups is 1. The summed E-state index contributed by atoms with van der Waals surface area (Å²) in [4.78, 5) is 12.7. The van der Waals surface area contributed by atoms with Crippen molar-refractivity contribution in [1.82, 2.24) is 4.31 Å². The zero-order chi connectivity index (χ0) is 20.9. The number of nitrogens with zero attached hydrogens (tertiary/aromatic N) is 1. The third-order valence-corrected chi connectivity index (χ3v) is 6.69. The maximum atomic E-state index is 12.8. The fourth-order valence-corrected chi connectivity index (χ4v) is 4.70. The number of sulfonamides is 1. The lowest BCUT2D eigenvalue weighted by Crippen LogP contribution is -2.30. The molecule has 2 aromatic carbocycles. The zero-order valence-corrected chi connectivity index (χ0v) is 17.7. The molecule has 0 radical (unpaired) electrons. The van der Waals surface area contributed by atoms with Crippen LogP contribution in [0.15, 0.2) is 41.3 Å². The van der Waals surface area contributed by atoms with Crippen LogP contribution in [0.1, 0.15) is 24.2 Å². The van der Waals surface area contributed by atoms with Crippen LogP contribution in [0.5, 0.6) is 11.5 Å². The number of ether oxygens (including phenoxy) is 2. The standard InChI is InChI=1S/C19H23ClN2O5S/c1-5-22(6-2)28(24,25)17-12-13(10-11-15(17)20)21-19(23)14-8-7-9-16(26-3)18(14)27-4/h7-12H,5-6H2,1-4H3,(H,21,23). The number of hydrogen-bond donors (Lipinski definition) is 1. The average Bonchev–Trinajstić information content (AvgIpc) is 2.69. The normalized spacial score (nSPS) is 11.4. The molecule has 0 bridgehead atoms. The van der Waals surface area contributed by atoms with Crippen LogP contribution in [0.2, 0.25) is 5.02 Å². The summed E-state index contributed by atoms with van der Waals surface area (Å²) in [6, 6.07) is 9.24. The molecule has 152 valence electrons. The van der Waals surface area contributed by atoms with E-state index in [0.29, 0.717) is 24.5 Å². The minimum absolute atomic E-state index is 0.0618. The predicted molar refractivity (Wildman–Crippen MR) is 109 cm³/mol. The van der Waals surface area contributed by atoms with Crippen LogP contribution >= 0.6 is 11.6 Å². The summed E-state index contributed by atoms with van der Waals surface area (Å²) in [5.74, 6) is 0.229. The molecule has 0 unspecified atom stereocenters. The number of methoxy groups -OCH3 is 2. The molecule has 0 aromatic heterocycles. The van der Waals surface area contributed by atoms with Crippen LogP contribution in [0.25, 0.3) is 0 Å². The Morgan fingerprint density at radius 2 is 1.79 bits per heavy atom. The highest BCUT2D eigenvalue weighted by atomic mass is 35.5. The zero-order valence-electron chi connectivity index (χ0n) is 16.2. The number of nitrogens with one attached hydrogen (secondary N) is 1. The average molecular weight is 427 g/mol. The van der Waals surface area contributed by atoms with Crippen molar-refractivity contribution in [3.8, 4) is 11.5 Å². The monoisotopic (exact) mass is 426 g/mol. The Hall–Kier alpha value is -2.29. The van der Waals surface area contributed by atoms with Gasteiger partial charge in [0.25, 0.3) is 5.91 Å². The molecule has 1 amide bonds. The molecule has 9 heteroatoms. The van der Waals surface area contributed by atoms with Gasteiger partial charge in [0.15, 0.2) is 11.5 Å². The van der Waals surface area contributed by atoms with E-state index in [2.05, 4.69) is 5.32 Å². The Kier molecular flexibility index (Phi) is 7.29. The lowest BCUT2D eigenvalue weighted by atomic mass is 10.1. The Morgan fingerprint density at radius 1 is 1.11 bits per heavy atom. The lowest BCUT2D eigenvalue weighted by Gasteiger charge is -2.20. The lowest BCUT2D eigenvalue weighted by molar-refractivity contribution is 0.102. The fraction of sp³-hybridized carbons (Fsp3) is 0.316. The second-order valence-corrected chi connectivity index (χ2v) is 8.04. The first-order chi connectivity index (χ1) is 13.3. The minimum Gasteiger partial charge on any atom is -0.493 e. The van der Waals surface area contributed by atoms with Crippen molar-refractivity contribution in [2.75, 3.05) is 32.6 Å². The van der Waals surface area contributed by atoms with Gasteiger partial charge in [-0.25, -0.2) is 8.42 Å². The van der Waals surface area contributed by atoms with E-state index in [1.807, 2.05) is 0 Å². The number of hydrogen-bond acceptors (Lipinski definition) is 5. The van der Waals surface area contributed by atoms with E-state index in [1.165, 1.54) is 36.7 Å². The van der Waals surface area contributed by atoms with Gasteiger partial charge in [-0.15, -0.1) is 0 Å². The summed E-state index contributed by atoms with van der Waals surface area (Å²) in [5.41, 5.74) is 0.551. The second kappa shape index (κ2) is 9.27. The van der Waals surface area contributed by atoms with Gasteiger partial charge in [0.1, 0.15) is 4.90 Å². The maximum Gasteiger partial charge on any atom is 0.259 e. The Balaban J connectivity index is 2.40. The highest BCUT2D eigenvalue weighted by Crippen LogP contribution is 2.32. The summed E-state index contributed by atoms with van der Waals surface area (Å²) < 4.78 is 37.4. The number of rotatable bonds is 8. The molecule has 0 aliphatic heterocycles. The molecule has 1 N–H and O–H groups in total. The van der Waals surface area contributed by atoms with E-state index in [4.69, 9.17) is 21.1 Å². The fourth-order valence-electron chi connectivity index (χ4n) is 2.75. The highest BCUT2D eigenvalue weighted by Gasteiger charge is 2.25. The van der Waals surface area contributed by atoms with Gasteiger partial charge in [-0.2, -0.15) is 4.31 Å². The summed E-state index contributed by atoms with van der Waals surface area (Å²) in [7, 11) is -0.861. The van der Waals surface area contributed by atoms with Crippen molar-refractivity contribution < 1.29 is 22.7 Å². The van der Waals surface area contributed by atoms with E-state index >= 15 is 0 Å². The molecule has 0 fully saturated rings. The predicted octanol–water partition coefficient (Wildman–Crippen LogP) is 3.64. The summed E-state index contributed by atoms with van der Waals surface area (Å²) >= 11 is 6.12. The SMILES string of the molecule is CCN(CC)S(=O)(=O)c1cc(NC(=O)c2cccc(OC)c2OC)ccc1Cl. The Bertz CT molecular complexity index is 959. The Morgan fingerprint density at radius 3 is 2.36 bits per heavy atom. The molecule has 28 heavy (non-hydrogen) atoms. The number of para-hydroxylation sites is 1. The third-order valence-electron chi connectivity index (χ3n) is 4.16. The van der Waals surface area contributed by atoms with Crippen LogP contribution < -0.4 is 14.8 Å². The third kappa shape index (κ3) is 4.40. The number of amides is 1. The molecule has 0 aliphatic carbocycles. The molecule has 0 spiro atoms. The first-order valence-corrected chi connectivity index (χ1v) is 10.4. The molecular weight excluding hydrogens is 404 g/mol. The van der Waals surface area contributed by atoms with Crippen molar-refractivity contribution >= 4 is 33.2 Å². The smallest absolute Gasteiger partial charge is 0.259 e. The van der Waals surface area contributed by atoms with Gasteiger partial charge in [0.05, 0.1) is 24.8 Å². The minimum atomic E-state index is -3.77. The molecule has 0 saturated carbocycles. The first-order valence-electron chi connectivity index (χ1n) is 8.62. The Labute approximate surface area is 170 Å². The largest absolute Gasteiger partial charge is 0.493 e. The van der Waals surface area contributed by atoms with Gasteiger partial charge in [0.2, 0.25) is 10.0 Å². The van der Waals surface area contributed by atoms with Crippen molar-refractivity contribution in [2.24, 2.45) is 0 Å². The molecule has 0 atom stereocenters. The summed E-state index contributed by atoms with van der Waals surface area (Å²) in [6.07, 6.45) is 0. The summed E-state index contributed by atoms with van der Waals surface area (Å²) in [6.45, 7) is 4.12. The van der Waals surface area contributed by atoms with Crippen molar-refractivity contribution in [2.45, 2.75) is 18.7 Å². The van der Waals surface area contributed by atoms with Gasteiger partial charge in [-0.1, -0.05) is 31.5 Å². The molecule has 2 rings (SSSR count). The molecule has 7 nitrogen and oxygen atoms in total. The van der Waals surface area contributed by atoms with E-state index in [0.717, 1.165) is 0 Å². The van der Waals surface area contributed by atoms with Gasteiger partial charge in [0, 0.05) is 18.8 Å². The first kappa shape index (κ1) is 22.0. The van der Waals surface area contributed by atoms with Crippen LogP contribution in [0, 0.1) is 0 Å². The number of benzene rings is 2. The van der Waals surface area contributed by atoms with Crippen LogP contribution in [-0.2, 0) is 10.0 Å². The quantitative estimate of drug-likeness (QED) is 0.696. The van der Waals surface area contributed by atoms with Gasteiger partial charge >= 0.3 is 0 Å². The molecule has 0 saturated heterocycles. The van der Waals surface area contributed by atoms with Crippen LogP contribution in [0.4, 0.5) is 5.69 Å². The number of anilines is 1. The number of carbonyl (C=O) groups excluding carboxylic acids is 1. The van der Waals surface area contributed by atoms with Gasteiger partial charge in [-0.05, 0) is 30.3 Å². The maximum absolute atomic E-state index is 12.8. The van der Waals surface area contributed by atoms with Crippen molar-refractivity contribution in [3.05, 3.63) is 47.0 Å². The van der Waals surface area contributed by atoms with Crippen molar-refractivity contribution in [1.29, 1.82) is 0 Å². The molecule has 2 aromatic rings. The highest BCUT2D eigenvalue weighted by molar-refractivity contribution is 7.89. The van der Waals surface area contributed by atoms with Gasteiger partial charge in [-0.3, -0.25) is 4.79 Å². The number of halogens is 1. The molecule has 0 aliphatic rings. The topological polar surface area (TPSA) is 84.9 Å². The second-order valence-electron chi connectivity index (χ2n) is 5.73. The van der Waals surface area contributed by atoms with Crippen LogP contribution in [-0.4, -0.2) is 45.9 Å². The summed E-state index contributed by atoms with van der Waals surface area (Å²) in [5, 5.41) is 2.77. The van der Waals surface area contributed by atoms with Crippen molar-refractivity contribution in [3.63, 3.8) is 0 Å². The van der Waals surface area contributed by atoms with E-state index in [1.54, 1.807) is 32.0 Å². The van der Waals surface area contributed by atoms with Gasteiger partial charge < -0.3 is 14.8 Å². The molecule has 0 heterocycles. The van der Waals surface area contributed by atoms with E-state index in [9.17, 15) is 13.2 Å². The van der Waals surface area contributed by atoms with E-state index in [-0.39, 0.29) is 21.2 Å². The van der Waals surface area contributed by atoms with E-state index < -0.39 is 15.9 Å². The van der Waals surface area contributed by atoms with Crippen LogP contribution in [0.3, 0.4) is 0 Å². The molecular formula is C19H23ClN2O5S.